The summed E-state index contributed by atoms with van der Waals surface area (Å²) >= 11 is 3.34. The van der Waals surface area contributed by atoms with E-state index in [-0.39, 0.29) is 5.82 Å². The van der Waals surface area contributed by atoms with Crippen molar-refractivity contribution in [2.24, 2.45) is 11.8 Å². The van der Waals surface area contributed by atoms with Gasteiger partial charge in [0.15, 0.2) is 0 Å². The molecule has 0 bridgehead atoms. The zero-order valence-corrected chi connectivity index (χ0v) is 14.8. The lowest BCUT2D eigenvalue weighted by atomic mass is 9.72. The van der Waals surface area contributed by atoms with Crippen LogP contribution in [0.15, 0.2) is 22.7 Å². The van der Waals surface area contributed by atoms with Gasteiger partial charge in [-0.2, -0.15) is 0 Å². The van der Waals surface area contributed by atoms with Gasteiger partial charge in [0, 0.05) is 6.04 Å². The molecule has 21 heavy (non-hydrogen) atoms. The molecule has 3 unspecified atom stereocenters. The highest BCUT2D eigenvalue weighted by Gasteiger charge is 2.31. The molecule has 1 aliphatic rings. The van der Waals surface area contributed by atoms with E-state index in [2.05, 4.69) is 35.1 Å². The summed E-state index contributed by atoms with van der Waals surface area (Å²) in [6.07, 6.45) is 7.69. The minimum Gasteiger partial charge on any atom is -0.310 e. The normalized spacial score (nSPS) is 24.0. The fraction of sp³-hybridized carbons (Fsp3) is 0.667. The number of hydrogen-bond donors (Lipinski definition) is 1. The van der Waals surface area contributed by atoms with Gasteiger partial charge >= 0.3 is 0 Å². The van der Waals surface area contributed by atoms with E-state index in [0.29, 0.717) is 16.4 Å². The van der Waals surface area contributed by atoms with Crippen molar-refractivity contribution in [2.75, 3.05) is 6.54 Å². The van der Waals surface area contributed by atoms with Crippen LogP contribution in [0, 0.1) is 17.7 Å². The molecule has 1 nitrogen and oxygen atoms in total. The van der Waals surface area contributed by atoms with E-state index in [0.717, 1.165) is 18.9 Å². The van der Waals surface area contributed by atoms with E-state index in [1.807, 2.05) is 12.1 Å². The molecular formula is C18H27BrFN. The summed E-state index contributed by atoms with van der Waals surface area (Å²) < 4.78 is 14.1. The summed E-state index contributed by atoms with van der Waals surface area (Å²) in [5.41, 5.74) is 1.22. The molecule has 3 atom stereocenters. The van der Waals surface area contributed by atoms with E-state index in [1.165, 1.54) is 37.7 Å². The summed E-state index contributed by atoms with van der Waals surface area (Å²) in [5, 5.41) is 3.72. The Morgan fingerprint density at radius 1 is 1.29 bits per heavy atom. The second-order valence-corrected chi connectivity index (χ2v) is 7.08. The fourth-order valence-electron chi connectivity index (χ4n) is 3.70. The van der Waals surface area contributed by atoms with E-state index in [4.69, 9.17) is 0 Å². The second kappa shape index (κ2) is 8.28. The Morgan fingerprint density at radius 2 is 2.05 bits per heavy atom. The molecule has 118 valence electrons. The molecule has 3 heteroatoms. The third-order valence-corrected chi connectivity index (χ3v) is 5.45. The topological polar surface area (TPSA) is 12.0 Å². The van der Waals surface area contributed by atoms with Gasteiger partial charge in [-0.25, -0.2) is 4.39 Å². The van der Waals surface area contributed by atoms with Crippen molar-refractivity contribution in [1.82, 2.24) is 5.32 Å². The smallest absolute Gasteiger partial charge is 0.137 e. The van der Waals surface area contributed by atoms with Crippen LogP contribution in [0.25, 0.3) is 0 Å². The molecule has 0 heterocycles. The van der Waals surface area contributed by atoms with Crippen molar-refractivity contribution in [3.05, 3.63) is 34.1 Å². The molecule has 0 aliphatic heterocycles. The van der Waals surface area contributed by atoms with Crippen LogP contribution in [0.2, 0.25) is 0 Å². The Morgan fingerprint density at radius 3 is 2.71 bits per heavy atom. The molecule has 1 aromatic carbocycles. The van der Waals surface area contributed by atoms with Gasteiger partial charge in [0.05, 0.1) is 4.47 Å². The molecule has 1 N–H and O–H groups in total. The standard InChI is InChI=1S/C18H27BrFN/c1-3-11-21-18(14-9-10-17(20)16(19)12-14)15-8-6-5-7-13(15)4-2/h9-10,12-13,15,18,21H,3-8,11H2,1-2H3. The minimum absolute atomic E-state index is 0.177. The van der Waals surface area contributed by atoms with E-state index < -0.39 is 0 Å². The summed E-state index contributed by atoms with van der Waals surface area (Å²) in [7, 11) is 0. The van der Waals surface area contributed by atoms with Crippen LogP contribution < -0.4 is 5.32 Å². The SMILES string of the molecule is CCCNC(c1ccc(F)c(Br)c1)C1CCCCC1CC. The molecule has 1 fully saturated rings. The minimum atomic E-state index is -0.177. The quantitative estimate of drug-likeness (QED) is 0.675. The van der Waals surface area contributed by atoms with Crippen LogP contribution in [-0.4, -0.2) is 6.54 Å². The maximum atomic E-state index is 13.5. The zero-order chi connectivity index (χ0) is 15.2. The van der Waals surface area contributed by atoms with Crippen molar-refractivity contribution >= 4 is 15.9 Å². The van der Waals surface area contributed by atoms with Crippen LogP contribution in [0.5, 0.6) is 0 Å². The van der Waals surface area contributed by atoms with Crippen LogP contribution >= 0.6 is 15.9 Å². The third kappa shape index (κ3) is 4.29. The number of nitrogens with one attached hydrogen (secondary N) is 1. The fourth-order valence-corrected chi connectivity index (χ4v) is 4.10. The molecule has 0 spiro atoms. The first-order valence-electron chi connectivity index (χ1n) is 8.35. The Labute approximate surface area is 136 Å². The summed E-state index contributed by atoms with van der Waals surface area (Å²) in [4.78, 5) is 0. The van der Waals surface area contributed by atoms with Crippen molar-refractivity contribution in [3.8, 4) is 0 Å². The maximum absolute atomic E-state index is 13.5. The van der Waals surface area contributed by atoms with Gasteiger partial charge in [-0.05, 0) is 64.8 Å². The van der Waals surface area contributed by atoms with Crippen molar-refractivity contribution in [1.29, 1.82) is 0 Å². The van der Waals surface area contributed by atoms with Crippen LogP contribution in [0.3, 0.4) is 0 Å². The lowest BCUT2D eigenvalue weighted by Gasteiger charge is -2.38. The Balaban J connectivity index is 2.25. The molecule has 1 aromatic rings. The first kappa shape index (κ1) is 17.0. The lowest BCUT2D eigenvalue weighted by molar-refractivity contribution is 0.175. The van der Waals surface area contributed by atoms with Gasteiger partial charge < -0.3 is 5.32 Å². The predicted octanol–water partition coefficient (Wildman–Crippen LogP) is 5.85. The number of rotatable bonds is 6. The van der Waals surface area contributed by atoms with Gasteiger partial charge in [0.25, 0.3) is 0 Å². The highest BCUT2D eigenvalue weighted by atomic mass is 79.9. The Kier molecular flexibility index (Phi) is 6.69. The van der Waals surface area contributed by atoms with Crippen molar-refractivity contribution in [2.45, 2.75) is 58.4 Å². The second-order valence-electron chi connectivity index (χ2n) is 6.22. The van der Waals surface area contributed by atoms with Gasteiger partial charge in [0.2, 0.25) is 0 Å². The Bertz CT molecular complexity index is 449. The number of halogens is 2. The van der Waals surface area contributed by atoms with E-state index in [1.54, 1.807) is 6.07 Å². The highest BCUT2D eigenvalue weighted by Crippen LogP contribution is 2.40. The van der Waals surface area contributed by atoms with Gasteiger partial charge in [-0.1, -0.05) is 45.6 Å². The largest absolute Gasteiger partial charge is 0.310 e. The number of hydrogen-bond acceptors (Lipinski definition) is 1. The number of benzene rings is 1. The van der Waals surface area contributed by atoms with Crippen molar-refractivity contribution in [3.63, 3.8) is 0 Å². The van der Waals surface area contributed by atoms with E-state index in [9.17, 15) is 4.39 Å². The molecule has 0 saturated heterocycles. The predicted molar refractivity (Wildman–Crippen MR) is 90.9 cm³/mol. The van der Waals surface area contributed by atoms with Gasteiger partial charge in [-0.3, -0.25) is 0 Å². The summed E-state index contributed by atoms with van der Waals surface area (Å²) in [6, 6.07) is 5.86. The Hall–Kier alpha value is -0.410. The average Bonchev–Trinajstić information content (AvgIpc) is 2.51. The lowest BCUT2D eigenvalue weighted by Crippen LogP contribution is -2.35. The first-order chi connectivity index (χ1) is 10.2. The third-order valence-electron chi connectivity index (χ3n) is 4.84. The molecule has 1 saturated carbocycles. The van der Waals surface area contributed by atoms with E-state index >= 15 is 0 Å². The molecule has 0 radical (unpaired) electrons. The van der Waals surface area contributed by atoms with Gasteiger partial charge in [0.1, 0.15) is 5.82 Å². The summed E-state index contributed by atoms with van der Waals surface area (Å²) in [5.74, 6) is 1.29. The monoisotopic (exact) mass is 355 g/mol. The highest BCUT2D eigenvalue weighted by molar-refractivity contribution is 9.10. The zero-order valence-electron chi connectivity index (χ0n) is 13.2. The molecule has 1 aliphatic carbocycles. The molecule has 2 rings (SSSR count). The first-order valence-corrected chi connectivity index (χ1v) is 9.15. The average molecular weight is 356 g/mol. The van der Waals surface area contributed by atoms with Crippen LogP contribution in [0.4, 0.5) is 4.39 Å². The maximum Gasteiger partial charge on any atom is 0.137 e. The van der Waals surface area contributed by atoms with Crippen molar-refractivity contribution < 1.29 is 4.39 Å². The van der Waals surface area contributed by atoms with Gasteiger partial charge in [-0.15, -0.1) is 0 Å². The molecular weight excluding hydrogens is 329 g/mol. The molecule has 0 amide bonds. The van der Waals surface area contributed by atoms with Crippen LogP contribution in [-0.2, 0) is 0 Å². The summed E-state index contributed by atoms with van der Waals surface area (Å²) in [6.45, 7) is 5.52. The van der Waals surface area contributed by atoms with Crippen LogP contribution in [0.1, 0.15) is 64.0 Å². The molecule has 0 aromatic heterocycles.